The first kappa shape index (κ1) is 32.4. The molecule has 0 amide bonds. The number of rotatable bonds is 10. The summed E-state index contributed by atoms with van der Waals surface area (Å²) in [5, 5.41) is 19.0. The number of alkyl halides is 1. The van der Waals surface area contributed by atoms with Crippen LogP contribution in [0.25, 0.3) is 0 Å². The molecule has 226 valence electrons. The maximum atomic E-state index is 14.7. The van der Waals surface area contributed by atoms with E-state index in [1.54, 1.807) is 0 Å². The smallest absolute Gasteiger partial charge is 0.311 e. The fourth-order valence-corrected chi connectivity index (χ4v) is 5.50. The summed E-state index contributed by atoms with van der Waals surface area (Å²) in [5.74, 6) is -3.67. The first-order chi connectivity index (χ1) is 19.1. The maximum Gasteiger partial charge on any atom is 0.311 e. The number of oxime groups is 1. The van der Waals surface area contributed by atoms with Crippen LogP contribution in [0, 0.1) is 11.3 Å². The van der Waals surface area contributed by atoms with Crippen LogP contribution in [0.3, 0.4) is 0 Å². The third-order valence-corrected chi connectivity index (χ3v) is 7.49. The Morgan fingerprint density at radius 3 is 2.63 bits per heavy atom. The number of nitrogens with zero attached hydrogens (tertiary/aromatic N) is 2. The molecular formula is C31H44FN3O6. The zero-order valence-corrected chi connectivity index (χ0v) is 25.3. The molecule has 10 heteroatoms. The molecule has 0 spiro atoms. The normalized spacial score (nSPS) is 31.0. The minimum atomic E-state index is -2.26. The van der Waals surface area contributed by atoms with Gasteiger partial charge in [0.2, 0.25) is 0 Å². The Kier molecular flexibility index (Phi) is 9.80. The molecule has 0 bridgehead atoms. The Hall–Kier alpha value is -3.11. The fourth-order valence-electron chi connectivity index (χ4n) is 5.50. The maximum absolute atomic E-state index is 14.7. The number of esters is 2. The molecule has 0 aromatic carbocycles. The lowest BCUT2D eigenvalue weighted by molar-refractivity contribution is -0.246. The summed E-state index contributed by atoms with van der Waals surface area (Å²) in [7, 11) is 0. The molecule has 1 aliphatic carbocycles. The lowest BCUT2D eigenvalue weighted by atomic mass is 9.82. The minimum Gasteiger partial charge on any atom is -0.418 e. The molecule has 2 heterocycles. The molecule has 1 saturated heterocycles. The molecule has 2 N–H and O–H groups in total. The van der Waals surface area contributed by atoms with E-state index in [-0.39, 0.29) is 25.2 Å². The summed E-state index contributed by atoms with van der Waals surface area (Å²) in [6.07, 6.45) is 9.27. The predicted octanol–water partition coefficient (Wildman–Crippen LogP) is 5.22. The van der Waals surface area contributed by atoms with E-state index < -0.39 is 47.2 Å². The van der Waals surface area contributed by atoms with Gasteiger partial charge in [-0.15, -0.1) is 0 Å². The molecule has 4 atom stereocenters. The van der Waals surface area contributed by atoms with Gasteiger partial charge in [0, 0.05) is 12.0 Å². The van der Waals surface area contributed by atoms with E-state index in [1.165, 1.54) is 6.92 Å². The van der Waals surface area contributed by atoms with Crippen LogP contribution in [-0.2, 0) is 23.9 Å². The van der Waals surface area contributed by atoms with E-state index >= 15 is 0 Å². The Balaban J connectivity index is 1.95. The molecule has 0 saturated carbocycles. The number of hydrogen-bond donors (Lipinski definition) is 2. The van der Waals surface area contributed by atoms with Gasteiger partial charge in [-0.2, -0.15) is 0 Å². The fraction of sp³-hybridized carbons (Fsp3) is 0.613. The van der Waals surface area contributed by atoms with Crippen molar-refractivity contribution in [1.29, 1.82) is 0 Å². The van der Waals surface area contributed by atoms with Gasteiger partial charge in [-0.05, 0) is 50.3 Å². The van der Waals surface area contributed by atoms with E-state index in [1.807, 2.05) is 71.9 Å². The number of ether oxygens (including phenoxy) is 2. The number of halogens is 1. The number of carbonyl (C=O) groups excluding carboxylic acids is 2. The third-order valence-electron chi connectivity index (χ3n) is 7.49. The van der Waals surface area contributed by atoms with Gasteiger partial charge in [0.15, 0.2) is 12.3 Å². The summed E-state index contributed by atoms with van der Waals surface area (Å²) in [4.78, 5) is 35.5. The Bertz CT molecular complexity index is 1200. The summed E-state index contributed by atoms with van der Waals surface area (Å²) < 4.78 is 25.5. The number of cyclic esters (lactones) is 1. The molecule has 9 nitrogen and oxygen atoms in total. The second-order valence-corrected chi connectivity index (χ2v) is 12.8. The first-order valence-electron chi connectivity index (χ1n) is 14.0. The van der Waals surface area contributed by atoms with Crippen LogP contribution in [0.5, 0.6) is 0 Å². The zero-order chi connectivity index (χ0) is 30.6. The largest absolute Gasteiger partial charge is 0.418 e. The first-order valence-corrected chi connectivity index (χ1v) is 14.0. The van der Waals surface area contributed by atoms with Gasteiger partial charge in [0.25, 0.3) is 0 Å². The van der Waals surface area contributed by atoms with Crippen molar-refractivity contribution in [3.05, 3.63) is 47.2 Å². The van der Waals surface area contributed by atoms with Crippen LogP contribution in [0.1, 0.15) is 80.6 Å². The number of hydrogen-bond acceptors (Lipinski definition) is 9. The number of aliphatic hydroxyl groups is 1. The number of nitrogens with one attached hydrogen (secondary N) is 1. The molecule has 3 rings (SSSR count). The van der Waals surface area contributed by atoms with Crippen molar-refractivity contribution in [2.45, 2.75) is 104 Å². The number of carbonyl (C=O) groups is 2. The summed E-state index contributed by atoms with van der Waals surface area (Å²) in [6, 6.07) is 0. The van der Waals surface area contributed by atoms with Crippen molar-refractivity contribution in [3.8, 4) is 0 Å². The van der Waals surface area contributed by atoms with Crippen LogP contribution in [0.2, 0.25) is 0 Å². The van der Waals surface area contributed by atoms with Crippen molar-refractivity contribution in [1.82, 2.24) is 5.32 Å². The van der Waals surface area contributed by atoms with Crippen LogP contribution >= 0.6 is 0 Å². The Labute approximate surface area is 242 Å². The average molecular weight is 574 g/mol. The predicted molar refractivity (Wildman–Crippen MR) is 156 cm³/mol. The van der Waals surface area contributed by atoms with E-state index in [2.05, 4.69) is 22.2 Å². The average Bonchev–Trinajstić information content (AvgIpc) is 3.26. The highest BCUT2D eigenvalue weighted by molar-refractivity contribution is 6.03. The number of aliphatic hydroxyl groups excluding tert-OH is 1. The highest BCUT2D eigenvalue weighted by atomic mass is 19.1. The topological polar surface area (TPSA) is 119 Å². The molecular weight excluding hydrogens is 529 g/mol. The molecule has 2 unspecified atom stereocenters. The molecule has 3 aliphatic rings. The third kappa shape index (κ3) is 7.04. The van der Waals surface area contributed by atoms with Crippen molar-refractivity contribution in [3.63, 3.8) is 0 Å². The van der Waals surface area contributed by atoms with Crippen molar-refractivity contribution in [2.75, 3.05) is 6.67 Å². The summed E-state index contributed by atoms with van der Waals surface area (Å²) >= 11 is 0. The highest BCUT2D eigenvalue weighted by Gasteiger charge is 2.64. The Morgan fingerprint density at radius 2 is 2.05 bits per heavy atom. The summed E-state index contributed by atoms with van der Waals surface area (Å²) in [5.41, 5.74) is -0.410. The van der Waals surface area contributed by atoms with Gasteiger partial charge >= 0.3 is 17.7 Å². The minimum absolute atomic E-state index is 0.0211. The van der Waals surface area contributed by atoms with Crippen LogP contribution in [0.4, 0.5) is 4.39 Å². The van der Waals surface area contributed by atoms with Gasteiger partial charge < -0.3 is 19.4 Å². The lowest BCUT2D eigenvalue weighted by Crippen LogP contribution is -2.67. The molecule has 0 radical (unpaired) electrons. The number of allylic oxidation sites excluding steroid dienone is 8. The number of aliphatic imine (C=N–C) groups is 1. The second kappa shape index (κ2) is 12.4. The van der Waals surface area contributed by atoms with Crippen LogP contribution in [-0.4, -0.2) is 59.3 Å². The van der Waals surface area contributed by atoms with Crippen molar-refractivity contribution < 1.29 is 33.4 Å². The highest BCUT2D eigenvalue weighted by Crippen LogP contribution is 2.43. The van der Waals surface area contributed by atoms with Gasteiger partial charge in [-0.3, -0.25) is 19.9 Å². The summed E-state index contributed by atoms with van der Waals surface area (Å²) in [6.45, 7) is 15.4. The molecule has 0 aromatic rings. The monoisotopic (exact) mass is 573 g/mol. The zero-order valence-electron chi connectivity index (χ0n) is 25.3. The quantitative estimate of drug-likeness (QED) is 0.209. The van der Waals surface area contributed by atoms with Gasteiger partial charge in [-0.25, -0.2) is 4.39 Å². The van der Waals surface area contributed by atoms with Gasteiger partial charge in [-0.1, -0.05) is 70.2 Å². The molecule has 41 heavy (non-hydrogen) atoms. The van der Waals surface area contributed by atoms with Gasteiger partial charge in [0.1, 0.15) is 17.5 Å². The van der Waals surface area contributed by atoms with E-state index in [4.69, 9.17) is 14.3 Å². The Morgan fingerprint density at radius 1 is 1.34 bits per heavy atom. The lowest BCUT2D eigenvalue weighted by Gasteiger charge is -2.43. The van der Waals surface area contributed by atoms with Gasteiger partial charge in [0.05, 0.1) is 18.5 Å². The molecule has 2 aliphatic heterocycles. The standard InChI is InChI=1S/C31H44FN3O6/c1-9-21-13-11-10-12-14-22(21)26(33-8)23-16-30(41-35-23,15-20(2)3)27(38)34-29(7)18-25(37)40-31(29,19-32)39-24(36)17-28(4,5)6/h9-12,14,20,27,34,38H,8,13,15-19H2,1-7H3/b21-9-,26-22-/t27?,29-,30?,31-/m1/s1. The van der Waals surface area contributed by atoms with Crippen molar-refractivity contribution >= 4 is 24.4 Å². The van der Waals surface area contributed by atoms with E-state index in [0.717, 1.165) is 11.1 Å². The SMILES string of the molecule is C=N/C(C1=NOC(CC(C)C)(C(O)N[C@]2(C)CC(=O)O[C@@]2(CF)OC(=O)CC(C)(C)C)C1)=C1/C=CC=CC/C1=C/C. The van der Waals surface area contributed by atoms with Crippen LogP contribution < -0.4 is 5.32 Å². The van der Waals surface area contributed by atoms with Crippen LogP contribution in [0.15, 0.2) is 57.4 Å². The molecule has 0 aromatic heterocycles. The van der Waals surface area contributed by atoms with Crippen molar-refractivity contribution in [2.24, 2.45) is 21.5 Å². The molecule has 1 fully saturated rings. The van der Waals surface area contributed by atoms with E-state index in [0.29, 0.717) is 24.3 Å². The second-order valence-electron chi connectivity index (χ2n) is 12.8. The van der Waals surface area contributed by atoms with E-state index in [9.17, 15) is 19.1 Å².